The Morgan fingerprint density at radius 3 is 2.72 bits per heavy atom. The van der Waals surface area contributed by atoms with Crippen LogP contribution in [0.4, 0.5) is 0 Å². The van der Waals surface area contributed by atoms with Gasteiger partial charge in [0.15, 0.2) is 0 Å². The number of hydrogen-bond acceptors (Lipinski definition) is 4. The van der Waals surface area contributed by atoms with Crippen molar-refractivity contribution in [2.45, 2.75) is 25.7 Å². The molecule has 2 saturated heterocycles. The molecule has 1 N–H and O–H groups in total. The highest BCUT2D eigenvalue weighted by Crippen LogP contribution is 2.40. The summed E-state index contributed by atoms with van der Waals surface area (Å²) >= 11 is 0. The smallest absolute Gasteiger partial charge is 0.310 e. The zero-order valence-electron chi connectivity index (χ0n) is 10.4. The predicted molar refractivity (Wildman–Crippen MR) is 64.5 cm³/mol. The molecule has 0 saturated carbocycles. The predicted octanol–water partition coefficient (Wildman–Crippen LogP) is 0.419. The van der Waals surface area contributed by atoms with Crippen molar-refractivity contribution in [1.82, 2.24) is 10.2 Å². The Labute approximate surface area is 106 Å². The number of amides is 1. The lowest BCUT2D eigenvalue weighted by Gasteiger charge is -2.33. The van der Waals surface area contributed by atoms with Crippen LogP contribution in [0, 0.1) is 5.41 Å². The molecule has 1 spiro atoms. The second kappa shape index (κ2) is 4.39. The van der Waals surface area contributed by atoms with E-state index in [1.165, 1.54) is 0 Å². The van der Waals surface area contributed by atoms with Crippen molar-refractivity contribution in [2.75, 3.05) is 26.2 Å². The largest absolute Gasteiger partial charge is 0.459 e. The fourth-order valence-corrected chi connectivity index (χ4v) is 3.11. The number of esters is 1. The average molecular weight is 250 g/mol. The molecule has 3 aliphatic heterocycles. The molecule has 3 heterocycles. The van der Waals surface area contributed by atoms with Crippen LogP contribution in [0.2, 0.25) is 0 Å². The fourth-order valence-electron chi connectivity index (χ4n) is 3.11. The second-order valence-corrected chi connectivity index (χ2v) is 5.47. The molecular formula is C13H18N2O3. The summed E-state index contributed by atoms with van der Waals surface area (Å²) in [5, 5.41) is 3.34. The lowest BCUT2D eigenvalue weighted by atomic mass is 9.78. The summed E-state index contributed by atoms with van der Waals surface area (Å²) in [4.78, 5) is 25.0. The van der Waals surface area contributed by atoms with Crippen LogP contribution in [-0.2, 0) is 14.3 Å². The molecule has 0 aromatic heterocycles. The van der Waals surface area contributed by atoms with E-state index in [-0.39, 0.29) is 30.3 Å². The Bertz CT molecular complexity index is 410. The molecule has 5 heteroatoms. The van der Waals surface area contributed by atoms with E-state index in [9.17, 15) is 9.59 Å². The molecule has 0 atom stereocenters. The van der Waals surface area contributed by atoms with Crippen molar-refractivity contribution in [3.63, 3.8) is 0 Å². The van der Waals surface area contributed by atoms with Gasteiger partial charge in [0, 0.05) is 13.0 Å². The second-order valence-electron chi connectivity index (χ2n) is 5.47. The number of likely N-dealkylation sites (tertiary alicyclic amines) is 1. The molecule has 0 unspecified atom stereocenters. The van der Waals surface area contributed by atoms with Gasteiger partial charge >= 0.3 is 5.97 Å². The lowest BCUT2D eigenvalue weighted by Crippen LogP contribution is -2.39. The molecule has 1 amide bonds. The molecule has 98 valence electrons. The Balaban J connectivity index is 1.74. The van der Waals surface area contributed by atoms with Crippen LogP contribution >= 0.6 is 0 Å². The van der Waals surface area contributed by atoms with Crippen molar-refractivity contribution in [3.8, 4) is 0 Å². The third-order valence-electron chi connectivity index (χ3n) is 4.22. The summed E-state index contributed by atoms with van der Waals surface area (Å²) in [6.07, 6.45) is 4.88. The summed E-state index contributed by atoms with van der Waals surface area (Å²) in [7, 11) is 0. The molecule has 5 nitrogen and oxygen atoms in total. The molecule has 0 bridgehead atoms. The van der Waals surface area contributed by atoms with Gasteiger partial charge in [-0.3, -0.25) is 9.59 Å². The first-order chi connectivity index (χ1) is 8.69. The molecule has 18 heavy (non-hydrogen) atoms. The van der Waals surface area contributed by atoms with Gasteiger partial charge in [0.1, 0.15) is 6.61 Å². The highest BCUT2D eigenvalue weighted by Gasteiger charge is 2.44. The Kier molecular flexibility index (Phi) is 2.86. The molecule has 0 radical (unpaired) electrons. The van der Waals surface area contributed by atoms with Crippen molar-refractivity contribution in [3.05, 3.63) is 11.8 Å². The Morgan fingerprint density at radius 1 is 1.28 bits per heavy atom. The Hall–Kier alpha value is -1.36. The van der Waals surface area contributed by atoms with Crippen LogP contribution in [0.5, 0.6) is 0 Å². The minimum Gasteiger partial charge on any atom is -0.459 e. The van der Waals surface area contributed by atoms with E-state index in [2.05, 4.69) is 5.32 Å². The summed E-state index contributed by atoms with van der Waals surface area (Å²) in [5.41, 5.74) is 1.01. The maximum Gasteiger partial charge on any atom is 0.310 e. The number of nitrogens with one attached hydrogen (secondary N) is 1. The minimum absolute atomic E-state index is 0.143. The van der Waals surface area contributed by atoms with Gasteiger partial charge < -0.3 is 15.0 Å². The number of carbonyl (C=O) groups is 2. The topological polar surface area (TPSA) is 58.6 Å². The standard InChI is InChI=1S/C13H18N2O3/c16-11-7-13(3-5-14-6-4-13)9-15(11)10-1-2-12(17)18-8-10/h1,14H,2-9H2. The van der Waals surface area contributed by atoms with E-state index in [1.807, 2.05) is 11.0 Å². The van der Waals surface area contributed by atoms with E-state index in [4.69, 9.17) is 4.74 Å². The number of carbonyl (C=O) groups excluding carboxylic acids is 2. The molecule has 0 aromatic carbocycles. The van der Waals surface area contributed by atoms with Gasteiger partial charge in [-0.25, -0.2) is 0 Å². The van der Waals surface area contributed by atoms with Crippen molar-refractivity contribution in [1.29, 1.82) is 0 Å². The van der Waals surface area contributed by atoms with Gasteiger partial charge in [-0.05, 0) is 31.3 Å². The number of hydrogen-bond donors (Lipinski definition) is 1. The average Bonchev–Trinajstić information content (AvgIpc) is 2.68. The van der Waals surface area contributed by atoms with Crippen LogP contribution in [0.15, 0.2) is 11.8 Å². The third-order valence-corrected chi connectivity index (χ3v) is 4.22. The highest BCUT2D eigenvalue weighted by molar-refractivity contribution is 5.82. The van der Waals surface area contributed by atoms with Crippen LogP contribution < -0.4 is 5.32 Å². The van der Waals surface area contributed by atoms with Crippen molar-refractivity contribution >= 4 is 11.9 Å². The van der Waals surface area contributed by atoms with Gasteiger partial charge in [0.25, 0.3) is 0 Å². The third kappa shape index (κ3) is 2.03. The number of piperidine rings is 1. The zero-order chi connectivity index (χ0) is 12.6. The normalized spacial score (nSPS) is 27.3. The Morgan fingerprint density at radius 2 is 2.06 bits per heavy atom. The summed E-state index contributed by atoms with van der Waals surface area (Å²) in [5.74, 6) is -0.0249. The summed E-state index contributed by atoms with van der Waals surface area (Å²) in [6.45, 7) is 3.03. The fraction of sp³-hybridized carbons (Fsp3) is 0.692. The quantitative estimate of drug-likeness (QED) is 0.685. The monoisotopic (exact) mass is 250 g/mol. The summed E-state index contributed by atoms with van der Waals surface area (Å²) < 4.78 is 5.01. The van der Waals surface area contributed by atoms with Gasteiger partial charge in [-0.15, -0.1) is 0 Å². The van der Waals surface area contributed by atoms with E-state index in [0.29, 0.717) is 6.42 Å². The first kappa shape index (κ1) is 11.7. The number of ether oxygens (including phenoxy) is 1. The van der Waals surface area contributed by atoms with E-state index < -0.39 is 0 Å². The number of cyclic esters (lactones) is 1. The van der Waals surface area contributed by atoms with E-state index in [1.54, 1.807) is 0 Å². The van der Waals surface area contributed by atoms with Gasteiger partial charge in [0.2, 0.25) is 5.91 Å². The van der Waals surface area contributed by atoms with Crippen molar-refractivity contribution in [2.24, 2.45) is 5.41 Å². The summed E-state index contributed by atoms with van der Waals surface area (Å²) in [6, 6.07) is 0. The van der Waals surface area contributed by atoms with Crippen LogP contribution in [0.25, 0.3) is 0 Å². The maximum absolute atomic E-state index is 12.2. The van der Waals surface area contributed by atoms with Gasteiger partial charge in [-0.1, -0.05) is 6.08 Å². The number of nitrogens with zero attached hydrogens (tertiary/aromatic N) is 1. The first-order valence-electron chi connectivity index (χ1n) is 6.54. The minimum atomic E-state index is -0.207. The van der Waals surface area contributed by atoms with Gasteiger partial charge in [0.05, 0.1) is 12.1 Å². The molecule has 3 aliphatic rings. The zero-order valence-corrected chi connectivity index (χ0v) is 10.4. The lowest BCUT2D eigenvalue weighted by molar-refractivity contribution is -0.144. The van der Waals surface area contributed by atoms with Gasteiger partial charge in [-0.2, -0.15) is 0 Å². The van der Waals surface area contributed by atoms with Crippen LogP contribution in [0.1, 0.15) is 25.7 Å². The molecule has 2 fully saturated rings. The van der Waals surface area contributed by atoms with E-state index in [0.717, 1.165) is 38.2 Å². The molecule has 0 aliphatic carbocycles. The molecular weight excluding hydrogens is 232 g/mol. The van der Waals surface area contributed by atoms with E-state index >= 15 is 0 Å². The highest BCUT2D eigenvalue weighted by atomic mass is 16.5. The van der Waals surface area contributed by atoms with Crippen molar-refractivity contribution < 1.29 is 14.3 Å². The molecule has 0 aromatic rings. The molecule has 3 rings (SSSR count). The maximum atomic E-state index is 12.2. The first-order valence-corrected chi connectivity index (χ1v) is 6.54. The number of rotatable bonds is 1. The SMILES string of the molecule is O=C1CC=C(N2CC3(CCNCC3)CC2=O)CO1. The van der Waals surface area contributed by atoms with Crippen LogP contribution in [0.3, 0.4) is 0 Å². The van der Waals surface area contributed by atoms with Crippen LogP contribution in [-0.4, -0.2) is 43.0 Å².